The van der Waals surface area contributed by atoms with Crippen LogP contribution in [0.1, 0.15) is 39.5 Å². The van der Waals surface area contributed by atoms with E-state index >= 15 is 0 Å². The molecule has 2 heterocycles. The molecule has 0 spiro atoms. The standard InChI is InChI=1S/C13H27N3O2S/c1-3-7-14-13-6-10-16(11-12(13)2)19(17,18)15-8-4-5-9-15/h12-14H,3-11H2,1-2H3. The SMILES string of the molecule is CCCNC1CCN(S(=O)(=O)N2CCCC2)CC1C. The lowest BCUT2D eigenvalue weighted by atomic mass is 9.95. The first-order valence-electron chi connectivity index (χ1n) is 7.54. The maximum atomic E-state index is 12.5. The van der Waals surface area contributed by atoms with Gasteiger partial charge in [-0.15, -0.1) is 0 Å². The lowest BCUT2D eigenvalue weighted by molar-refractivity contribution is 0.211. The van der Waals surface area contributed by atoms with Crippen molar-refractivity contribution in [2.45, 2.75) is 45.6 Å². The fourth-order valence-electron chi connectivity index (χ4n) is 3.03. The summed E-state index contributed by atoms with van der Waals surface area (Å²) in [6, 6.07) is 0.463. The number of rotatable bonds is 5. The normalized spacial score (nSPS) is 30.8. The largest absolute Gasteiger partial charge is 0.314 e. The van der Waals surface area contributed by atoms with Gasteiger partial charge in [-0.25, -0.2) is 0 Å². The summed E-state index contributed by atoms with van der Waals surface area (Å²) in [6.45, 7) is 8.04. The van der Waals surface area contributed by atoms with Crippen molar-refractivity contribution in [2.24, 2.45) is 5.92 Å². The topological polar surface area (TPSA) is 52.7 Å². The Morgan fingerprint density at radius 2 is 1.84 bits per heavy atom. The van der Waals surface area contributed by atoms with E-state index in [2.05, 4.69) is 19.2 Å². The van der Waals surface area contributed by atoms with Gasteiger partial charge in [0.15, 0.2) is 0 Å². The first-order valence-corrected chi connectivity index (χ1v) is 8.94. The number of piperidine rings is 1. The van der Waals surface area contributed by atoms with E-state index < -0.39 is 10.2 Å². The fourth-order valence-corrected chi connectivity index (χ4v) is 4.84. The summed E-state index contributed by atoms with van der Waals surface area (Å²) in [7, 11) is -3.20. The zero-order chi connectivity index (χ0) is 13.9. The molecule has 0 radical (unpaired) electrons. The Kier molecular flexibility index (Phi) is 5.22. The minimum Gasteiger partial charge on any atom is -0.314 e. The van der Waals surface area contributed by atoms with Gasteiger partial charge in [-0.2, -0.15) is 17.0 Å². The van der Waals surface area contributed by atoms with Crippen LogP contribution in [0.15, 0.2) is 0 Å². The van der Waals surface area contributed by atoms with E-state index in [1.54, 1.807) is 8.61 Å². The zero-order valence-electron chi connectivity index (χ0n) is 12.1. The Morgan fingerprint density at radius 3 is 2.42 bits per heavy atom. The minimum atomic E-state index is -3.20. The highest BCUT2D eigenvalue weighted by molar-refractivity contribution is 7.86. The summed E-state index contributed by atoms with van der Waals surface area (Å²) in [5.74, 6) is 0.387. The summed E-state index contributed by atoms with van der Waals surface area (Å²) in [5, 5.41) is 3.53. The van der Waals surface area contributed by atoms with Crippen molar-refractivity contribution in [3.8, 4) is 0 Å². The molecule has 5 nitrogen and oxygen atoms in total. The van der Waals surface area contributed by atoms with Crippen LogP contribution in [-0.4, -0.2) is 55.8 Å². The van der Waals surface area contributed by atoms with Crippen LogP contribution in [0.25, 0.3) is 0 Å². The highest BCUT2D eigenvalue weighted by Crippen LogP contribution is 2.23. The van der Waals surface area contributed by atoms with Crippen molar-refractivity contribution in [2.75, 3.05) is 32.7 Å². The third-order valence-corrected chi connectivity index (χ3v) is 6.24. The van der Waals surface area contributed by atoms with Crippen molar-refractivity contribution in [3.05, 3.63) is 0 Å². The summed E-state index contributed by atoms with van der Waals surface area (Å²) in [6.07, 6.45) is 4.06. The first kappa shape index (κ1) is 15.2. The monoisotopic (exact) mass is 289 g/mol. The molecule has 2 atom stereocenters. The van der Waals surface area contributed by atoms with Crippen LogP contribution >= 0.6 is 0 Å². The van der Waals surface area contributed by atoms with Gasteiger partial charge in [0.05, 0.1) is 0 Å². The van der Waals surface area contributed by atoms with Crippen LogP contribution in [0.4, 0.5) is 0 Å². The highest BCUT2D eigenvalue weighted by Gasteiger charge is 2.36. The Bertz CT molecular complexity index is 379. The maximum Gasteiger partial charge on any atom is 0.281 e. The van der Waals surface area contributed by atoms with E-state index in [-0.39, 0.29) is 0 Å². The number of nitrogens with zero attached hydrogens (tertiary/aromatic N) is 2. The molecule has 2 rings (SSSR count). The van der Waals surface area contributed by atoms with Crippen LogP contribution in [-0.2, 0) is 10.2 Å². The van der Waals surface area contributed by atoms with Crippen molar-refractivity contribution < 1.29 is 8.42 Å². The average molecular weight is 289 g/mol. The molecule has 19 heavy (non-hydrogen) atoms. The van der Waals surface area contributed by atoms with Crippen molar-refractivity contribution >= 4 is 10.2 Å². The summed E-state index contributed by atoms with van der Waals surface area (Å²) in [5.41, 5.74) is 0. The molecule has 0 amide bonds. The van der Waals surface area contributed by atoms with E-state index in [0.29, 0.717) is 38.1 Å². The van der Waals surface area contributed by atoms with E-state index in [4.69, 9.17) is 0 Å². The predicted molar refractivity (Wildman–Crippen MR) is 77.2 cm³/mol. The second-order valence-corrected chi connectivity index (χ2v) is 7.73. The van der Waals surface area contributed by atoms with Crippen molar-refractivity contribution in [1.29, 1.82) is 0 Å². The second-order valence-electron chi connectivity index (χ2n) is 5.80. The Hall–Kier alpha value is -0.170. The molecule has 2 saturated heterocycles. The Morgan fingerprint density at radius 1 is 1.16 bits per heavy atom. The first-order chi connectivity index (χ1) is 9.05. The van der Waals surface area contributed by atoms with E-state index in [0.717, 1.165) is 32.2 Å². The fraction of sp³-hybridized carbons (Fsp3) is 1.00. The number of nitrogens with one attached hydrogen (secondary N) is 1. The summed E-state index contributed by atoms with van der Waals surface area (Å²) < 4.78 is 28.3. The van der Waals surface area contributed by atoms with Gasteiger partial charge in [0.1, 0.15) is 0 Å². The number of hydrogen-bond acceptors (Lipinski definition) is 3. The van der Waals surface area contributed by atoms with Gasteiger partial charge in [-0.3, -0.25) is 0 Å². The van der Waals surface area contributed by atoms with E-state index in [9.17, 15) is 8.42 Å². The molecule has 2 aliphatic rings. The molecule has 0 aromatic heterocycles. The average Bonchev–Trinajstić information content (AvgIpc) is 2.91. The summed E-state index contributed by atoms with van der Waals surface area (Å²) in [4.78, 5) is 0. The molecule has 112 valence electrons. The van der Waals surface area contributed by atoms with E-state index in [1.807, 2.05) is 0 Å². The van der Waals surface area contributed by atoms with Gasteiger partial charge in [0, 0.05) is 32.2 Å². The van der Waals surface area contributed by atoms with Crippen LogP contribution in [0.2, 0.25) is 0 Å². The molecule has 0 aromatic rings. The van der Waals surface area contributed by atoms with Gasteiger partial charge in [-0.05, 0) is 38.1 Å². The van der Waals surface area contributed by atoms with Crippen molar-refractivity contribution in [3.63, 3.8) is 0 Å². The lowest BCUT2D eigenvalue weighted by Gasteiger charge is -2.38. The molecule has 1 N–H and O–H groups in total. The smallest absolute Gasteiger partial charge is 0.281 e. The second kappa shape index (κ2) is 6.52. The van der Waals surface area contributed by atoms with Gasteiger partial charge in [0.25, 0.3) is 10.2 Å². The molecule has 0 saturated carbocycles. The molecule has 0 aliphatic carbocycles. The quantitative estimate of drug-likeness (QED) is 0.823. The molecule has 2 unspecified atom stereocenters. The molecule has 2 fully saturated rings. The van der Waals surface area contributed by atoms with Crippen LogP contribution in [0, 0.1) is 5.92 Å². The Balaban J connectivity index is 1.93. The van der Waals surface area contributed by atoms with Gasteiger partial charge in [0.2, 0.25) is 0 Å². The van der Waals surface area contributed by atoms with Gasteiger partial charge < -0.3 is 5.32 Å². The molecular formula is C13H27N3O2S. The third kappa shape index (κ3) is 3.48. The molecular weight excluding hydrogens is 262 g/mol. The number of hydrogen-bond donors (Lipinski definition) is 1. The predicted octanol–water partition coefficient (Wildman–Crippen LogP) is 1.04. The van der Waals surface area contributed by atoms with Crippen LogP contribution in [0.3, 0.4) is 0 Å². The third-order valence-electron chi connectivity index (χ3n) is 4.24. The van der Waals surface area contributed by atoms with Crippen molar-refractivity contribution in [1.82, 2.24) is 13.9 Å². The molecule has 0 bridgehead atoms. The van der Waals surface area contributed by atoms with Gasteiger partial charge >= 0.3 is 0 Å². The molecule has 2 aliphatic heterocycles. The minimum absolute atomic E-state index is 0.387. The van der Waals surface area contributed by atoms with E-state index in [1.165, 1.54) is 0 Å². The zero-order valence-corrected chi connectivity index (χ0v) is 13.0. The summed E-state index contributed by atoms with van der Waals surface area (Å²) >= 11 is 0. The Labute approximate surface area is 117 Å². The maximum absolute atomic E-state index is 12.5. The van der Waals surface area contributed by atoms with Crippen LogP contribution in [0.5, 0.6) is 0 Å². The van der Waals surface area contributed by atoms with Crippen LogP contribution < -0.4 is 5.32 Å². The van der Waals surface area contributed by atoms with Gasteiger partial charge in [-0.1, -0.05) is 13.8 Å². The highest BCUT2D eigenvalue weighted by atomic mass is 32.2. The molecule has 0 aromatic carbocycles. The molecule has 6 heteroatoms. The lowest BCUT2D eigenvalue weighted by Crippen LogP contribution is -2.53.